The molecule has 2 heterocycles. The molecule has 1 aromatic heterocycles. The quantitative estimate of drug-likeness (QED) is 0.893. The van der Waals surface area contributed by atoms with Crippen LogP contribution in [-0.2, 0) is 17.8 Å². The third-order valence-electron chi connectivity index (χ3n) is 3.22. The Morgan fingerprint density at radius 1 is 1.59 bits per heavy atom. The first-order valence-electron chi connectivity index (χ1n) is 6.07. The smallest absolute Gasteiger partial charge is 0.306 e. The van der Waals surface area contributed by atoms with Gasteiger partial charge in [-0.15, -0.1) is 11.3 Å². The van der Waals surface area contributed by atoms with E-state index in [4.69, 9.17) is 5.11 Å². The fraction of sp³-hybridized carbons (Fsp3) is 0.667. The lowest BCUT2D eigenvalue weighted by Crippen LogP contribution is -2.35. The van der Waals surface area contributed by atoms with Crippen LogP contribution in [0.1, 0.15) is 30.5 Å². The molecule has 5 heteroatoms. The molecule has 1 aliphatic heterocycles. The summed E-state index contributed by atoms with van der Waals surface area (Å²) in [5.74, 6) is -0.792. The Labute approximate surface area is 105 Å². The Morgan fingerprint density at radius 2 is 2.29 bits per heavy atom. The number of rotatable bonds is 4. The zero-order chi connectivity index (χ0) is 12.3. The van der Waals surface area contributed by atoms with Gasteiger partial charge in [-0.25, -0.2) is 4.98 Å². The van der Waals surface area contributed by atoms with E-state index in [0.717, 1.165) is 44.6 Å². The van der Waals surface area contributed by atoms with Gasteiger partial charge in [0.05, 0.1) is 16.6 Å². The maximum absolute atomic E-state index is 10.8. The van der Waals surface area contributed by atoms with Gasteiger partial charge in [0, 0.05) is 11.9 Å². The van der Waals surface area contributed by atoms with E-state index in [9.17, 15) is 4.79 Å². The first-order chi connectivity index (χ1) is 8.19. The van der Waals surface area contributed by atoms with Crippen LogP contribution in [0.25, 0.3) is 0 Å². The second-order valence-corrected chi connectivity index (χ2v) is 5.42. The predicted octanol–water partition coefficient (Wildman–Crippen LogP) is 2.00. The molecule has 4 nitrogen and oxygen atoms in total. The van der Waals surface area contributed by atoms with Gasteiger partial charge in [0.1, 0.15) is 0 Å². The van der Waals surface area contributed by atoms with Crippen LogP contribution >= 0.6 is 11.3 Å². The highest BCUT2D eigenvalue weighted by atomic mass is 32.1. The van der Waals surface area contributed by atoms with Crippen LogP contribution < -0.4 is 0 Å². The van der Waals surface area contributed by atoms with E-state index in [1.165, 1.54) is 5.01 Å². The number of carbonyl (C=O) groups is 1. The molecule has 1 fully saturated rings. The minimum absolute atomic E-state index is 0.145. The van der Waals surface area contributed by atoms with Crippen LogP contribution in [0.3, 0.4) is 0 Å². The van der Waals surface area contributed by atoms with Crippen molar-refractivity contribution >= 4 is 17.3 Å². The van der Waals surface area contributed by atoms with Crippen molar-refractivity contribution in [3.63, 3.8) is 0 Å². The molecule has 0 aliphatic carbocycles. The van der Waals surface area contributed by atoms with E-state index in [1.807, 2.05) is 0 Å². The van der Waals surface area contributed by atoms with Gasteiger partial charge in [-0.05, 0) is 32.4 Å². The van der Waals surface area contributed by atoms with E-state index in [1.54, 1.807) is 11.3 Å². The van der Waals surface area contributed by atoms with Crippen LogP contribution in [-0.4, -0.2) is 34.0 Å². The Kier molecular flexibility index (Phi) is 4.12. The van der Waals surface area contributed by atoms with Gasteiger partial charge in [0.15, 0.2) is 0 Å². The van der Waals surface area contributed by atoms with Gasteiger partial charge in [0.2, 0.25) is 0 Å². The van der Waals surface area contributed by atoms with Gasteiger partial charge in [-0.3, -0.25) is 9.69 Å². The summed E-state index contributed by atoms with van der Waals surface area (Å²) in [6.45, 7) is 4.72. The van der Waals surface area contributed by atoms with Crippen LogP contribution in [0.4, 0.5) is 0 Å². The summed E-state index contributed by atoms with van der Waals surface area (Å²) < 4.78 is 0. The third-order valence-corrected chi connectivity index (χ3v) is 4.27. The van der Waals surface area contributed by atoms with E-state index in [0.29, 0.717) is 0 Å². The predicted molar refractivity (Wildman–Crippen MR) is 67.1 cm³/mol. The second-order valence-electron chi connectivity index (χ2n) is 4.47. The first-order valence-corrected chi connectivity index (χ1v) is 6.95. The number of hydrogen-bond acceptors (Lipinski definition) is 4. The maximum atomic E-state index is 10.8. The van der Waals surface area contributed by atoms with Gasteiger partial charge < -0.3 is 5.11 Å². The van der Waals surface area contributed by atoms with Crippen molar-refractivity contribution in [3.8, 4) is 0 Å². The summed E-state index contributed by atoms with van der Waals surface area (Å²) >= 11 is 1.71. The fourth-order valence-electron chi connectivity index (χ4n) is 2.15. The molecule has 1 aromatic rings. The number of aromatic nitrogens is 1. The van der Waals surface area contributed by atoms with Crippen molar-refractivity contribution in [1.82, 2.24) is 9.88 Å². The summed E-state index contributed by atoms with van der Waals surface area (Å²) in [4.78, 5) is 17.7. The SMILES string of the molecule is CCc1nc(CN2CCC(C(=O)O)CC2)cs1. The molecular formula is C12H18N2O2S. The van der Waals surface area contributed by atoms with E-state index in [-0.39, 0.29) is 5.92 Å². The molecule has 94 valence electrons. The highest BCUT2D eigenvalue weighted by Crippen LogP contribution is 2.20. The largest absolute Gasteiger partial charge is 0.481 e. The topological polar surface area (TPSA) is 53.4 Å². The maximum Gasteiger partial charge on any atom is 0.306 e. The highest BCUT2D eigenvalue weighted by molar-refractivity contribution is 7.09. The van der Waals surface area contributed by atoms with Crippen LogP contribution in [0.5, 0.6) is 0 Å². The van der Waals surface area contributed by atoms with Crippen molar-refractivity contribution < 1.29 is 9.90 Å². The molecule has 1 saturated heterocycles. The van der Waals surface area contributed by atoms with Crippen molar-refractivity contribution in [2.24, 2.45) is 5.92 Å². The van der Waals surface area contributed by atoms with Gasteiger partial charge in [-0.1, -0.05) is 6.92 Å². The Bertz CT molecular complexity index is 384. The van der Waals surface area contributed by atoms with Gasteiger partial charge in [0.25, 0.3) is 0 Å². The molecule has 0 atom stereocenters. The molecule has 0 aromatic carbocycles. The molecule has 1 N–H and O–H groups in total. The van der Waals surface area contributed by atoms with Gasteiger partial charge in [-0.2, -0.15) is 0 Å². The molecule has 0 saturated carbocycles. The molecule has 0 amide bonds. The fourth-order valence-corrected chi connectivity index (χ4v) is 2.89. The summed E-state index contributed by atoms with van der Waals surface area (Å²) in [7, 11) is 0. The molecule has 0 spiro atoms. The molecular weight excluding hydrogens is 236 g/mol. The number of carboxylic acid groups (broad SMARTS) is 1. The highest BCUT2D eigenvalue weighted by Gasteiger charge is 2.24. The number of piperidine rings is 1. The number of thiazole rings is 1. The summed E-state index contributed by atoms with van der Waals surface area (Å²) in [5.41, 5.74) is 1.13. The summed E-state index contributed by atoms with van der Waals surface area (Å²) in [6, 6.07) is 0. The minimum Gasteiger partial charge on any atom is -0.481 e. The molecule has 0 bridgehead atoms. The molecule has 17 heavy (non-hydrogen) atoms. The van der Waals surface area contributed by atoms with Crippen molar-refractivity contribution in [2.75, 3.05) is 13.1 Å². The van der Waals surface area contributed by atoms with Crippen LogP contribution in [0.15, 0.2) is 5.38 Å². The first kappa shape index (κ1) is 12.5. The number of carboxylic acids is 1. The standard InChI is InChI=1S/C12H18N2O2S/c1-2-11-13-10(8-17-11)7-14-5-3-9(4-6-14)12(15)16/h8-9H,2-7H2,1H3,(H,15,16). The van der Waals surface area contributed by atoms with Crippen LogP contribution in [0.2, 0.25) is 0 Å². The van der Waals surface area contributed by atoms with Crippen molar-refractivity contribution in [1.29, 1.82) is 0 Å². The lowest BCUT2D eigenvalue weighted by Gasteiger charge is -2.29. The average molecular weight is 254 g/mol. The molecule has 2 rings (SSSR count). The minimum atomic E-state index is -0.647. The normalized spacial score (nSPS) is 18.4. The average Bonchev–Trinajstić information content (AvgIpc) is 2.77. The lowest BCUT2D eigenvalue weighted by atomic mass is 9.97. The summed E-state index contributed by atoms with van der Waals surface area (Å²) in [5, 5.41) is 12.2. The van der Waals surface area contributed by atoms with E-state index in [2.05, 4.69) is 22.2 Å². The van der Waals surface area contributed by atoms with Crippen molar-refractivity contribution in [3.05, 3.63) is 16.1 Å². The summed E-state index contributed by atoms with van der Waals surface area (Å²) in [6.07, 6.45) is 2.52. The Hall–Kier alpha value is -0.940. The Morgan fingerprint density at radius 3 is 2.82 bits per heavy atom. The Balaban J connectivity index is 1.83. The van der Waals surface area contributed by atoms with E-state index >= 15 is 0 Å². The number of nitrogens with zero attached hydrogens (tertiary/aromatic N) is 2. The molecule has 1 aliphatic rings. The van der Waals surface area contributed by atoms with E-state index < -0.39 is 5.97 Å². The molecule has 0 radical (unpaired) electrons. The molecule has 0 unspecified atom stereocenters. The number of likely N-dealkylation sites (tertiary alicyclic amines) is 1. The van der Waals surface area contributed by atoms with Gasteiger partial charge >= 0.3 is 5.97 Å². The lowest BCUT2D eigenvalue weighted by molar-refractivity contribution is -0.143. The van der Waals surface area contributed by atoms with Crippen molar-refractivity contribution in [2.45, 2.75) is 32.7 Å². The third kappa shape index (κ3) is 3.26. The zero-order valence-electron chi connectivity index (χ0n) is 10.1. The van der Waals surface area contributed by atoms with Crippen LogP contribution in [0, 0.1) is 5.92 Å². The zero-order valence-corrected chi connectivity index (χ0v) is 10.9. The monoisotopic (exact) mass is 254 g/mol. The number of hydrogen-bond donors (Lipinski definition) is 1. The number of aliphatic carboxylic acids is 1. The second kappa shape index (κ2) is 5.60. The number of aryl methyl sites for hydroxylation is 1.